The minimum Gasteiger partial charge on any atom is -0.461 e. The van der Waals surface area contributed by atoms with Gasteiger partial charge in [0.2, 0.25) is 17.7 Å². The fourth-order valence-corrected chi connectivity index (χ4v) is 3.03. The first-order valence-corrected chi connectivity index (χ1v) is 9.22. The van der Waals surface area contributed by atoms with Crippen LogP contribution in [-0.4, -0.2) is 38.6 Å². The summed E-state index contributed by atoms with van der Waals surface area (Å²) >= 11 is 0. The first-order valence-electron chi connectivity index (χ1n) is 9.22. The van der Waals surface area contributed by atoms with E-state index in [0.717, 1.165) is 11.1 Å². The van der Waals surface area contributed by atoms with Gasteiger partial charge >= 0.3 is 0 Å². The van der Waals surface area contributed by atoms with Gasteiger partial charge in [0, 0.05) is 38.2 Å². The first kappa shape index (κ1) is 21.3. The molecule has 0 fully saturated rings. The molecule has 0 saturated carbocycles. The molecule has 0 spiro atoms. The SMILES string of the molecule is CC(=O)NCCNCc1ccccc1-c1cc2nc(-c3ccco3)nn2c(N)n1.Cl. The Balaban J connectivity index is 0.00000256. The number of nitrogens with zero attached hydrogens (tertiary/aromatic N) is 4. The van der Waals surface area contributed by atoms with Crippen LogP contribution >= 0.6 is 12.4 Å². The molecule has 9 nitrogen and oxygen atoms in total. The van der Waals surface area contributed by atoms with E-state index in [4.69, 9.17) is 10.2 Å². The van der Waals surface area contributed by atoms with E-state index in [-0.39, 0.29) is 24.3 Å². The Hall–Kier alpha value is -3.43. The van der Waals surface area contributed by atoms with Crippen LogP contribution in [0.2, 0.25) is 0 Å². The maximum atomic E-state index is 11.0. The summed E-state index contributed by atoms with van der Waals surface area (Å²) in [7, 11) is 0. The minimum absolute atomic E-state index is 0. The molecule has 4 rings (SSSR count). The normalized spacial score (nSPS) is 10.7. The molecule has 3 aromatic heterocycles. The largest absolute Gasteiger partial charge is 0.461 e. The lowest BCUT2D eigenvalue weighted by molar-refractivity contribution is -0.118. The molecule has 0 atom stereocenters. The molecule has 0 aliphatic carbocycles. The van der Waals surface area contributed by atoms with E-state index >= 15 is 0 Å². The zero-order valence-electron chi connectivity index (χ0n) is 16.3. The molecular weight excluding hydrogens is 406 g/mol. The van der Waals surface area contributed by atoms with Crippen LogP contribution in [0.1, 0.15) is 12.5 Å². The molecule has 156 valence electrons. The number of halogens is 1. The number of amides is 1. The molecule has 0 aliphatic rings. The number of furan rings is 1. The van der Waals surface area contributed by atoms with Crippen molar-refractivity contribution in [3.63, 3.8) is 0 Å². The molecule has 0 bridgehead atoms. The van der Waals surface area contributed by atoms with E-state index in [1.165, 1.54) is 11.4 Å². The van der Waals surface area contributed by atoms with E-state index in [9.17, 15) is 4.79 Å². The summed E-state index contributed by atoms with van der Waals surface area (Å²) in [6, 6.07) is 13.4. The van der Waals surface area contributed by atoms with Crippen molar-refractivity contribution in [1.29, 1.82) is 0 Å². The number of hydrogen-bond acceptors (Lipinski definition) is 7. The number of rotatable bonds is 7. The highest BCUT2D eigenvalue weighted by Gasteiger charge is 2.14. The smallest absolute Gasteiger partial charge is 0.223 e. The molecule has 4 N–H and O–H groups in total. The van der Waals surface area contributed by atoms with Crippen LogP contribution in [0.25, 0.3) is 28.5 Å². The Bertz CT molecular complexity index is 1140. The molecule has 4 aromatic rings. The second-order valence-electron chi connectivity index (χ2n) is 6.50. The molecule has 0 saturated heterocycles. The maximum absolute atomic E-state index is 11.0. The molecule has 1 aromatic carbocycles. The van der Waals surface area contributed by atoms with Crippen LogP contribution in [0, 0.1) is 0 Å². The number of nitrogens with one attached hydrogen (secondary N) is 2. The Kier molecular flexibility index (Phi) is 6.65. The summed E-state index contributed by atoms with van der Waals surface area (Å²) in [5.74, 6) is 1.23. The Morgan fingerprint density at radius 3 is 2.77 bits per heavy atom. The van der Waals surface area contributed by atoms with Gasteiger partial charge in [-0.1, -0.05) is 24.3 Å². The monoisotopic (exact) mass is 427 g/mol. The molecule has 0 radical (unpaired) electrons. The number of carbonyl (C=O) groups is 1. The quantitative estimate of drug-likeness (QED) is 0.386. The third kappa shape index (κ3) is 4.58. The highest BCUT2D eigenvalue weighted by molar-refractivity contribution is 5.85. The van der Waals surface area contributed by atoms with Gasteiger partial charge in [0.25, 0.3) is 0 Å². The van der Waals surface area contributed by atoms with Gasteiger partial charge in [0.05, 0.1) is 12.0 Å². The molecule has 1 amide bonds. The number of nitrogens with two attached hydrogens (primary N) is 1. The van der Waals surface area contributed by atoms with Crippen LogP contribution < -0.4 is 16.4 Å². The summed E-state index contributed by atoms with van der Waals surface area (Å²) in [5, 5.41) is 10.5. The second kappa shape index (κ2) is 9.38. The zero-order chi connectivity index (χ0) is 20.2. The standard InChI is InChI=1S/C20H21N7O2.ClH/c1-13(28)23-9-8-22-12-14-5-2-3-6-15(14)16-11-18-25-19(17-7-4-10-29-17)26-27(18)20(21)24-16;/h2-7,10-11,22H,8-9,12H2,1H3,(H2,21,24)(H,23,28);1H. The zero-order valence-corrected chi connectivity index (χ0v) is 17.1. The predicted octanol–water partition coefficient (Wildman–Crippen LogP) is 2.28. The number of nitrogen functional groups attached to an aromatic ring is 1. The van der Waals surface area contributed by atoms with Crippen molar-refractivity contribution in [1.82, 2.24) is 30.2 Å². The van der Waals surface area contributed by atoms with E-state index in [0.29, 0.717) is 42.6 Å². The van der Waals surface area contributed by atoms with Gasteiger partial charge in [0.15, 0.2) is 11.4 Å². The van der Waals surface area contributed by atoms with Crippen molar-refractivity contribution in [2.24, 2.45) is 0 Å². The van der Waals surface area contributed by atoms with E-state index in [1.807, 2.05) is 30.3 Å². The molecule has 0 aliphatic heterocycles. The second-order valence-corrected chi connectivity index (χ2v) is 6.50. The minimum atomic E-state index is -0.0394. The fraction of sp³-hybridized carbons (Fsp3) is 0.200. The summed E-state index contributed by atoms with van der Waals surface area (Å²) in [4.78, 5) is 20.0. The van der Waals surface area contributed by atoms with Crippen molar-refractivity contribution < 1.29 is 9.21 Å². The number of carbonyl (C=O) groups excluding carboxylic acids is 1. The van der Waals surface area contributed by atoms with Crippen LogP contribution in [0.4, 0.5) is 5.95 Å². The number of fused-ring (bicyclic) bond motifs is 1. The highest BCUT2D eigenvalue weighted by Crippen LogP contribution is 2.25. The van der Waals surface area contributed by atoms with Gasteiger partial charge in [-0.3, -0.25) is 4.79 Å². The van der Waals surface area contributed by atoms with Gasteiger partial charge in [-0.2, -0.15) is 4.52 Å². The maximum Gasteiger partial charge on any atom is 0.223 e. The van der Waals surface area contributed by atoms with Gasteiger partial charge in [-0.25, -0.2) is 9.97 Å². The first-order chi connectivity index (χ1) is 14.1. The van der Waals surface area contributed by atoms with Crippen LogP contribution in [0.15, 0.2) is 53.1 Å². The molecule has 30 heavy (non-hydrogen) atoms. The average molecular weight is 428 g/mol. The molecule has 0 unspecified atom stereocenters. The van der Waals surface area contributed by atoms with Gasteiger partial charge < -0.3 is 20.8 Å². The van der Waals surface area contributed by atoms with Gasteiger partial charge in [-0.15, -0.1) is 17.5 Å². The average Bonchev–Trinajstić information content (AvgIpc) is 3.37. The lowest BCUT2D eigenvalue weighted by Crippen LogP contribution is -2.30. The Morgan fingerprint density at radius 1 is 1.17 bits per heavy atom. The lowest BCUT2D eigenvalue weighted by Gasteiger charge is -2.11. The highest BCUT2D eigenvalue weighted by atomic mass is 35.5. The summed E-state index contributed by atoms with van der Waals surface area (Å²) in [6.45, 7) is 3.37. The Labute approximate surface area is 179 Å². The third-order valence-electron chi connectivity index (χ3n) is 4.38. The van der Waals surface area contributed by atoms with Crippen molar-refractivity contribution >= 4 is 29.9 Å². The topological polar surface area (TPSA) is 123 Å². The summed E-state index contributed by atoms with van der Waals surface area (Å²) in [6.07, 6.45) is 1.57. The number of benzene rings is 1. The third-order valence-corrected chi connectivity index (χ3v) is 4.38. The van der Waals surface area contributed by atoms with Crippen LogP contribution in [-0.2, 0) is 11.3 Å². The van der Waals surface area contributed by atoms with Gasteiger partial charge in [0.1, 0.15) is 0 Å². The molecule has 3 heterocycles. The number of anilines is 1. The van der Waals surface area contributed by atoms with Crippen molar-refractivity contribution in [3.8, 4) is 22.8 Å². The fourth-order valence-electron chi connectivity index (χ4n) is 3.03. The molecule has 10 heteroatoms. The van der Waals surface area contributed by atoms with E-state index < -0.39 is 0 Å². The lowest BCUT2D eigenvalue weighted by atomic mass is 10.0. The number of aromatic nitrogens is 4. The van der Waals surface area contributed by atoms with Crippen molar-refractivity contribution in [3.05, 3.63) is 54.3 Å². The molecular formula is C20H22ClN7O2. The number of hydrogen-bond donors (Lipinski definition) is 3. The predicted molar refractivity (Wildman–Crippen MR) is 116 cm³/mol. The van der Waals surface area contributed by atoms with E-state index in [2.05, 4.69) is 25.7 Å². The van der Waals surface area contributed by atoms with E-state index in [1.54, 1.807) is 18.4 Å². The summed E-state index contributed by atoms with van der Waals surface area (Å²) < 4.78 is 6.86. The van der Waals surface area contributed by atoms with Crippen LogP contribution in [0.5, 0.6) is 0 Å². The van der Waals surface area contributed by atoms with Crippen LogP contribution in [0.3, 0.4) is 0 Å². The summed E-state index contributed by atoms with van der Waals surface area (Å²) in [5.41, 5.74) is 9.47. The Morgan fingerprint density at radius 2 is 2.00 bits per heavy atom. The van der Waals surface area contributed by atoms with Gasteiger partial charge in [-0.05, 0) is 17.7 Å². The van der Waals surface area contributed by atoms with Crippen molar-refractivity contribution in [2.45, 2.75) is 13.5 Å². The van der Waals surface area contributed by atoms with Crippen molar-refractivity contribution in [2.75, 3.05) is 18.8 Å².